The van der Waals surface area contributed by atoms with Gasteiger partial charge in [-0.25, -0.2) is 4.79 Å². The summed E-state index contributed by atoms with van der Waals surface area (Å²) in [6, 6.07) is 12.2. The first-order valence-corrected chi connectivity index (χ1v) is 13.1. The first kappa shape index (κ1) is 27.3. The van der Waals surface area contributed by atoms with Gasteiger partial charge in [0.15, 0.2) is 12.3 Å². The molecular weight excluding hydrogens is 517 g/mol. The number of carboxylic acid groups (broad SMARTS) is 1. The highest BCUT2D eigenvalue weighted by Gasteiger charge is 2.57. The maximum atomic E-state index is 13.0. The minimum atomic E-state index is -4.77. The molecule has 8 nitrogen and oxygen atoms in total. The summed E-state index contributed by atoms with van der Waals surface area (Å²) >= 11 is 0. The van der Waals surface area contributed by atoms with E-state index in [1.807, 2.05) is 12.1 Å². The van der Waals surface area contributed by atoms with Crippen LogP contribution in [0.15, 0.2) is 48.5 Å². The summed E-state index contributed by atoms with van der Waals surface area (Å²) in [6.07, 6.45) is 0.761. The van der Waals surface area contributed by atoms with Gasteiger partial charge in [-0.3, -0.25) is 10.1 Å². The zero-order valence-corrected chi connectivity index (χ0v) is 21.3. The van der Waals surface area contributed by atoms with Gasteiger partial charge < -0.3 is 24.2 Å². The number of hydrogen-bond acceptors (Lipinski definition) is 6. The molecule has 1 aliphatic carbocycles. The number of aromatic carboxylic acids is 1. The molecule has 1 saturated carbocycles. The van der Waals surface area contributed by atoms with E-state index in [9.17, 15) is 22.8 Å². The van der Waals surface area contributed by atoms with Gasteiger partial charge in [0, 0.05) is 12.6 Å². The van der Waals surface area contributed by atoms with E-state index in [2.05, 4.69) is 10.1 Å². The highest BCUT2D eigenvalue weighted by atomic mass is 19.4. The minimum Gasteiger partial charge on any atom is -0.484 e. The molecule has 210 valence electrons. The number of hydrogen-bond donors (Lipinski definition) is 2. The van der Waals surface area contributed by atoms with Crippen LogP contribution in [0, 0.1) is 0 Å². The van der Waals surface area contributed by atoms with E-state index in [0.717, 1.165) is 56.2 Å². The predicted octanol–water partition coefficient (Wildman–Crippen LogP) is 4.70. The Hall–Kier alpha value is -3.31. The minimum absolute atomic E-state index is 0.113. The number of rotatable bonds is 9. The topological polar surface area (TPSA) is 101 Å². The van der Waals surface area contributed by atoms with Crippen LogP contribution in [0.4, 0.5) is 13.2 Å². The number of alkyl halides is 3. The van der Waals surface area contributed by atoms with E-state index in [1.54, 1.807) is 17.0 Å². The molecule has 1 amide bonds. The molecule has 2 aromatic rings. The Bertz CT molecular complexity index is 1160. The molecule has 0 aromatic heterocycles. The SMILES string of the molecule is O=C(O)c1ccc(C2CCC(NC3([C@H]4CCCN4C(=O)COc4ccc(OC(F)(F)F)cc4)CO3)CC2)cc1. The number of benzene rings is 2. The Morgan fingerprint density at radius 3 is 2.23 bits per heavy atom. The third-order valence-corrected chi connectivity index (χ3v) is 7.79. The molecule has 2 saturated heterocycles. The molecule has 11 heteroatoms. The van der Waals surface area contributed by atoms with Crippen molar-refractivity contribution in [1.82, 2.24) is 10.2 Å². The van der Waals surface area contributed by atoms with E-state index in [-0.39, 0.29) is 41.7 Å². The third-order valence-electron chi connectivity index (χ3n) is 7.79. The number of epoxide rings is 1. The van der Waals surface area contributed by atoms with Crippen molar-refractivity contribution in [2.24, 2.45) is 0 Å². The highest BCUT2D eigenvalue weighted by molar-refractivity contribution is 5.87. The lowest BCUT2D eigenvalue weighted by atomic mass is 9.81. The Morgan fingerprint density at radius 1 is 1.00 bits per heavy atom. The van der Waals surface area contributed by atoms with Crippen molar-refractivity contribution < 1.29 is 42.1 Å². The van der Waals surface area contributed by atoms with Crippen LogP contribution < -0.4 is 14.8 Å². The third kappa shape index (κ3) is 6.65. The van der Waals surface area contributed by atoms with Crippen molar-refractivity contribution in [2.45, 2.75) is 68.6 Å². The second-order valence-corrected chi connectivity index (χ2v) is 10.4. The zero-order valence-electron chi connectivity index (χ0n) is 21.3. The van der Waals surface area contributed by atoms with Gasteiger partial charge in [0.05, 0.1) is 18.2 Å². The van der Waals surface area contributed by atoms with Crippen LogP contribution in [0.1, 0.15) is 60.4 Å². The molecule has 2 N–H and O–H groups in total. The van der Waals surface area contributed by atoms with Crippen LogP contribution in [-0.4, -0.2) is 65.8 Å². The summed E-state index contributed by atoms with van der Waals surface area (Å²) in [6.45, 7) is 0.897. The summed E-state index contributed by atoms with van der Waals surface area (Å²) in [5, 5.41) is 12.8. The molecule has 0 spiro atoms. The second-order valence-electron chi connectivity index (χ2n) is 10.4. The van der Waals surface area contributed by atoms with E-state index < -0.39 is 18.1 Å². The van der Waals surface area contributed by atoms with Crippen molar-refractivity contribution in [1.29, 1.82) is 0 Å². The number of amides is 1. The Balaban J connectivity index is 1.11. The fraction of sp³-hybridized carbons (Fsp3) is 0.500. The Labute approximate surface area is 224 Å². The standard InChI is InChI=1S/C28H31F3N2O6/c29-28(30,31)39-23-13-11-22(12-14-23)37-16-25(34)33-15-1-2-24(33)27(17-38-27)32-21-9-7-19(8-10-21)18-3-5-20(6-4-18)26(35)36/h3-6,11-14,19,21,24,32H,1-2,7-10,15-17H2,(H,35,36)/t19?,21?,24-,27?/m1/s1. The molecule has 0 bridgehead atoms. The van der Waals surface area contributed by atoms with Gasteiger partial charge in [-0.05, 0) is 86.4 Å². The van der Waals surface area contributed by atoms with E-state index in [4.69, 9.17) is 14.6 Å². The average molecular weight is 549 g/mol. The highest BCUT2D eigenvalue weighted by Crippen LogP contribution is 2.40. The molecule has 3 aliphatic rings. The molecule has 39 heavy (non-hydrogen) atoms. The normalized spacial score (nSPS) is 26.7. The molecule has 2 atom stereocenters. The molecule has 3 fully saturated rings. The number of carbonyl (C=O) groups is 2. The van der Waals surface area contributed by atoms with E-state index >= 15 is 0 Å². The smallest absolute Gasteiger partial charge is 0.484 e. The Kier molecular flexibility index (Phi) is 7.73. The van der Waals surface area contributed by atoms with Crippen LogP contribution in [0.2, 0.25) is 0 Å². The number of nitrogens with one attached hydrogen (secondary N) is 1. The second kappa shape index (κ2) is 11.1. The van der Waals surface area contributed by atoms with Crippen LogP contribution in [0.5, 0.6) is 11.5 Å². The average Bonchev–Trinajstić information content (AvgIpc) is 3.50. The maximum absolute atomic E-state index is 13.0. The Morgan fingerprint density at radius 2 is 1.64 bits per heavy atom. The number of nitrogens with zero attached hydrogens (tertiary/aromatic N) is 1. The molecule has 5 rings (SSSR count). The molecule has 2 heterocycles. The lowest BCUT2D eigenvalue weighted by molar-refractivity contribution is -0.274. The van der Waals surface area contributed by atoms with Gasteiger partial charge in [0.1, 0.15) is 11.5 Å². The van der Waals surface area contributed by atoms with Crippen molar-refractivity contribution in [3.05, 3.63) is 59.7 Å². The fourth-order valence-corrected chi connectivity index (χ4v) is 5.78. The van der Waals surface area contributed by atoms with Crippen molar-refractivity contribution in [3.8, 4) is 11.5 Å². The van der Waals surface area contributed by atoms with Crippen LogP contribution in [0.3, 0.4) is 0 Å². The summed E-state index contributed by atoms with van der Waals surface area (Å²) < 4.78 is 52.3. The van der Waals surface area contributed by atoms with Crippen molar-refractivity contribution in [2.75, 3.05) is 19.8 Å². The monoisotopic (exact) mass is 548 g/mol. The van der Waals surface area contributed by atoms with Crippen LogP contribution in [0.25, 0.3) is 0 Å². The number of ether oxygens (including phenoxy) is 3. The number of carboxylic acids is 1. The van der Waals surface area contributed by atoms with Crippen LogP contribution >= 0.6 is 0 Å². The molecular formula is C28H31F3N2O6. The van der Waals surface area contributed by atoms with Gasteiger partial charge in [-0.15, -0.1) is 13.2 Å². The van der Waals surface area contributed by atoms with Crippen LogP contribution in [-0.2, 0) is 9.53 Å². The number of halogens is 3. The van der Waals surface area contributed by atoms with E-state index in [0.29, 0.717) is 19.1 Å². The first-order chi connectivity index (χ1) is 18.6. The summed E-state index contributed by atoms with van der Waals surface area (Å²) in [5.74, 6) is -0.817. The fourth-order valence-electron chi connectivity index (χ4n) is 5.78. The number of carbonyl (C=O) groups excluding carboxylic acids is 1. The quantitative estimate of drug-likeness (QED) is 0.439. The van der Waals surface area contributed by atoms with Gasteiger partial charge in [-0.2, -0.15) is 0 Å². The van der Waals surface area contributed by atoms with Gasteiger partial charge in [-0.1, -0.05) is 12.1 Å². The largest absolute Gasteiger partial charge is 0.573 e. The zero-order chi connectivity index (χ0) is 27.6. The maximum Gasteiger partial charge on any atom is 0.573 e. The van der Waals surface area contributed by atoms with Gasteiger partial charge in [0.2, 0.25) is 0 Å². The summed E-state index contributed by atoms with van der Waals surface area (Å²) in [7, 11) is 0. The molecule has 1 unspecified atom stereocenters. The molecule has 2 aliphatic heterocycles. The van der Waals surface area contributed by atoms with Gasteiger partial charge in [0.25, 0.3) is 5.91 Å². The first-order valence-electron chi connectivity index (χ1n) is 13.1. The predicted molar refractivity (Wildman–Crippen MR) is 134 cm³/mol. The molecule has 0 radical (unpaired) electrons. The number of likely N-dealkylation sites (tertiary alicyclic amines) is 1. The van der Waals surface area contributed by atoms with Crippen molar-refractivity contribution in [3.63, 3.8) is 0 Å². The van der Waals surface area contributed by atoms with Gasteiger partial charge >= 0.3 is 12.3 Å². The van der Waals surface area contributed by atoms with Crippen molar-refractivity contribution >= 4 is 11.9 Å². The summed E-state index contributed by atoms with van der Waals surface area (Å²) in [5.41, 5.74) is 0.881. The molecule has 2 aromatic carbocycles. The summed E-state index contributed by atoms with van der Waals surface area (Å²) in [4.78, 5) is 25.9. The lowest BCUT2D eigenvalue weighted by Gasteiger charge is -2.36. The van der Waals surface area contributed by atoms with E-state index in [1.165, 1.54) is 12.1 Å². The lowest BCUT2D eigenvalue weighted by Crippen LogP contribution is -2.56.